The van der Waals surface area contributed by atoms with Gasteiger partial charge >= 0.3 is 0 Å². The predicted octanol–water partition coefficient (Wildman–Crippen LogP) is 4.30. The van der Waals surface area contributed by atoms with Crippen LogP contribution in [0.2, 0.25) is 0 Å². The van der Waals surface area contributed by atoms with Gasteiger partial charge in [-0.15, -0.1) is 0 Å². The summed E-state index contributed by atoms with van der Waals surface area (Å²) in [5.74, 6) is 0. The second-order valence-corrected chi connectivity index (χ2v) is 7.63. The molecule has 21 heavy (non-hydrogen) atoms. The third-order valence-corrected chi connectivity index (χ3v) is 5.58. The van der Waals surface area contributed by atoms with Crippen molar-refractivity contribution in [1.82, 2.24) is 5.32 Å². The van der Waals surface area contributed by atoms with Crippen molar-refractivity contribution in [2.24, 2.45) is 0 Å². The van der Waals surface area contributed by atoms with Gasteiger partial charge in [-0.1, -0.05) is 59.3 Å². The van der Waals surface area contributed by atoms with Gasteiger partial charge < -0.3 is 5.32 Å². The van der Waals surface area contributed by atoms with Crippen LogP contribution in [0.15, 0.2) is 64.0 Å². The van der Waals surface area contributed by atoms with Crippen molar-refractivity contribution in [3.05, 3.63) is 64.6 Å². The fraction of sp³-hybridized carbons (Fsp3) is 0.294. The van der Waals surface area contributed by atoms with Crippen molar-refractivity contribution in [1.29, 1.82) is 0 Å². The van der Waals surface area contributed by atoms with Crippen LogP contribution in [0.3, 0.4) is 0 Å². The minimum atomic E-state index is -1.06. The van der Waals surface area contributed by atoms with Gasteiger partial charge in [0.25, 0.3) is 0 Å². The summed E-state index contributed by atoms with van der Waals surface area (Å²) < 4.78 is 13.8. The molecular formula is C17H20BrNOS. The summed E-state index contributed by atoms with van der Waals surface area (Å²) in [5, 5.41) is 3.45. The zero-order chi connectivity index (χ0) is 15.2. The van der Waals surface area contributed by atoms with E-state index in [-0.39, 0.29) is 11.3 Å². The first-order chi connectivity index (χ1) is 10.1. The Bertz CT molecular complexity index is 603. The van der Waals surface area contributed by atoms with Gasteiger partial charge in [-0.2, -0.15) is 0 Å². The second-order valence-electron chi connectivity index (χ2n) is 4.91. The van der Waals surface area contributed by atoms with Crippen LogP contribution in [-0.4, -0.2) is 16.0 Å². The third kappa shape index (κ3) is 4.25. The molecule has 0 amide bonds. The van der Waals surface area contributed by atoms with Crippen molar-refractivity contribution in [2.45, 2.75) is 30.0 Å². The average molecular weight is 366 g/mol. The van der Waals surface area contributed by atoms with Crippen LogP contribution in [0.5, 0.6) is 0 Å². The molecule has 0 aliphatic rings. The van der Waals surface area contributed by atoms with E-state index in [1.54, 1.807) is 0 Å². The third-order valence-electron chi connectivity index (χ3n) is 3.42. The van der Waals surface area contributed by atoms with Crippen molar-refractivity contribution >= 4 is 26.7 Å². The van der Waals surface area contributed by atoms with E-state index in [1.807, 2.05) is 49.4 Å². The molecule has 0 heterocycles. The number of halogens is 1. The molecule has 0 saturated heterocycles. The summed E-state index contributed by atoms with van der Waals surface area (Å²) in [6, 6.07) is 18.0. The lowest BCUT2D eigenvalue weighted by Gasteiger charge is -2.25. The highest BCUT2D eigenvalue weighted by molar-refractivity contribution is 9.10. The largest absolute Gasteiger partial charge is 0.309 e. The Hall–Kier alpha value is -0.970. The maximum atomic E-state index is 12.8. The van der Waals surface area contributed by atoms with Crippen LogP contribution in [0, 0.1) is 0 Å². The molecular weight excluding hydrogens is 346 g/mol. The van der Waals surface area contributed by atoms with E-state index >= 15 is 0 Å². The molecule has 4 heteroatoms. The Morgan fingerprint density at radius 1 is 1.14 bits per heavy atom. The topological polar surface area (TPSA) is 29.1 Å². The molecule has 3 unspecified atom stereocenters. The maximum Gasteiger partial charge on any atom is 0.0577 e. The van der Waals surface area contributed by atoms with Gasteiger partial charge in [0, 0.05) is 15.4 Å². The van der Waals surface area contributed by atoms with Crippen molar-refractivity contribution in [3.8, 4) is 0 Å². The zero-order valence-electron chi connectivity index (χ0n) is 12.3. The van der Waals surface area contributed by atoms with Crippen molar-refractivity contribution in [2.75, 3.05) is 6.54 Å². The van der Waals surface area contributed by atoms with Crippen LogP contribution in [0.25, 0.3) is 0 Å². The lowest BCUT2D eigenvalue weighted by molar-refractivity contribution is 0.535. The first-order valence-electron chi connectivity index (χ1n) is 7.08. The number of rotatable bonds is 6. The number of nitrogens with one attached hydrogen (secondary N) is 1. The summed E-state index contributed by atoms with van der Waals surface area (Å²) in [7, 11) is -1.06. The Balaban J connectivity index is 2.26. The first-order valence-corrected chi connectivity index (χ1v) is 9.08. The molecule has 3 atom stereocenters. The molecule has 2 rings (SSSR count). The zero-order valence-corrected chi connectivity index (χ0v) is 14.7. The molecule has 0 radical (unpaired) electrons. The number of hydrogen-bond acceptors (Lipinski definition) is 2. The van der Waals surface area contributed by atoms with Gasteiger partial charge in [-0.3, -0.25) is 4.21 Å². The molecule has 0 aliphatic carbocycles. The monoisotopic (exact) mass is 365 g/mol. The van der Waals surface area contributed by atoms with E-state index < -0.39 is 10.8 Å². The molecule has 0 aromatic heterocycles. The lowest BCUT2D eigenvalue weighted by Crippen LogP contribution is -2.33. The van der Waals surface area contributed by atoms with Gasteiger partial charge in [-0.25, -0.2) is 0 Å². The lowest BCUT2D eigenvalue weighted by atomic mass is 10.0. The Labute approximate surface area is 137 Å². The van der Waals surface area contributed by atoms with Crippen LogP contribution in [0.1, 0.15) is 25.5 Å². The van der Waals surface area contributed by atoms with Crippen molar-refractivity contribution < 1.29 is 4.21 Å². The molecule has 0 saturated carbocycles. The second kappa shape index (κ2) is 7.87. The van der Waals surface area contributed by atoms with Crippen molar-refractivity contribution in [3.63, 3.8) is 0 Å². The minimum Gasteiger partial charge on any atom is -0.309 e. The highest BCUT2D eigenvalue weighted by atomic mass is 79.9. The first kappa shape index (κ1) is 16.4. The molecule has 112 valence electrons. The molecule has 2 nitrogen and oxygen atoms in total. The molecule has 2 aromatic rings. The van der Waals surface area contributed by atoms with Crippen LogP contribution < -0.4 is 5.32 Å². The maximum absolute atomic E-state index is 12.8. The van der Waals surface area contributed by atoms with Gasteiger partial charge in [0.05, 0.1) is 16.0 Å². The van der Waals surface area contributed by atoms with Gasteiger partial charge in [0.15, 0.2) is 0 Å². The summed E-state index contributed by atoms with van der Waals surface area (Å²) in [6.07, 6.45) is 0. The quantitative estimate of drug-likeness (QED) is 0.826. The van der Waals surface area contributed by atoms with E-state index in [2.05, 4.69) is 40.3 Å². The fourth-order valence-corrected chi connectivity index (χ4v) is 4.30. The normalized spacial score (nSPS) is 15.4. The molecule has 2 aromatic carbocycles. The fourth-order valence-electron chi connectivity index (χ4n) is 2.37. The SMILES string of the molecule is CCNC(c1ccccc1)C(C)S(=O)c1cccc(Br)c1. The van der Waals surface area contributed by atoms with E-state index in [0.29, 0.717) is 0 Å². The van der Waals surface area contributed by atoms with Gasteiger partial charge in [0.1, 0.15) is 0 Å². The van der Waals surface area contributed by atoms with E-state index in [9.17, 15) is 4.21 Å². The molecule has 0 aliphatic heterocycles. The van der Waals surface area contributed by atoms with Crippen LogP contribution >= 0.6 is 15.9 Å². The standard InChI is InChI=1S/C17H20BrNOS/c1-3-19-17(14-8-5-4-6-9-14)13(2)21(20)16-11-7-10-15(18)12-16/h4-13,17,19H,3H2,1-2H3. The Morgan fingerprint density at radius 2 is 1.86 bits per heavy atom. The molecule has 0 spiro atoms. The van der Waals surface area contributed by atoms with Gasteiger partial charge in [-0.05, 0) is 37.2 Å². The molecule has 0 fully saturated rings. The van der Waals surface area contributed by atoms with Gasteiger partial charge in [0.2, 0.25) is 0 Å². The summed E-state index contributed by atoms with van der Waals surface area (Å²) in [6.45, 7) is 4.96. The highest BCUT2D eigenvalue weighted by Gasteiger charge is 2.24. The smallest absolute Gasteiger partial charge is 0.0577 e. The van der Waals surface area contributed by atoms with Crippen LogP contribution in [0.4, 0.5) is 0 Å². The summed E-state index contributed by atoms with van der Waals surface area (Å²) in [5.41, 5.74) is 1.18. The Kier molecular flexibility index (Phi) is 6.15. The summed E-state index contributed by atoms with van der Waals surface area (Å²) >= 11 is 3.44. The van der Waals surface area contributed by atoms with E-state index in [4.69, 9.17) is 0 Å². The van der Waals surface area contributed by atoms with E-state index in [0.717, 1.165) is 15.9 Å². The molecule has 0 bridgehead atoms. The highest BCUT2D eigenvalue weighted by Crippen LogP contribution is 2.25. The number of hydrogen-bond donors (Lipinski definition) is 1. The number of benzene rings is 2. The summed E-state index contributed by atoms with van der Waals surface area (Å²) in [4.78, 5) is 0.857. The average Bonchev–Trinajstić information content (AvgIpc) is 2.52. The predicted molar refractivity (Wildman–Crippen MR) is 92.9 cm³/mol. The van der Waals surface area contributed by atoms with Crippen LogP contribution in [-0.2, 0) is 10.8 Å². The minimum absolute atomic E-state index is 0.0124. The Morgan fingerprint density at radius 3 is 2.48 bits per heavy atom. The molecule has 1 N–H and O–H groups in total. The van der Waals surface area contributed by atoms with E-state index in [1.165, 1.54) is 5.56 Å².